The van der Waals surface area contributed by atoms with Gasteiger partial charge < -0.3 is 15.5 Å². The fraction of sp³-hybridized carbons (Fsp3) is 0.353. The number of hydrogen-bond donors (Lipinski definition) is 4. The molecule has 2 amide bonds. The molecule has 1 unspecified atom stereocenters. The minimum atomic E-state index is -2.04. The molecule has 0 spiro atoms. The summed E-state index contributed by atoms with van der Waals surface area (Å²) in [6.07, 6.45) is 0. The highest BCUT2D eigenvalue weighted by Crippen LogP contribution is 2.21. The van der Waals surface area contributed by atoms with Crippen LogP contribution in [0.3, 0.4) is 0 Å². The summed E-state index contributed by atoms with van der Waals surface area (Å²) >= 11 is 0. The van der Waals surface area contributed by atoms with Gasteiger partial charge in [0.25, 0.3) is 0 Å². The van der Waals surface area contributed by atoms with Gasteiger partial charge >= 0.3 is 12.0 Å². The Bertz CT molecular complexity index is 753. The average Bonchev–Trinajstić information content (AvgIpc) is 2.98. The number of carbonyl (C=O) groups excluding carboxylic acids is 1. The van der Waals surface area contributed by atoms with Gasteiger partial charge in [0.1, 0.15) is 5.82 Å². The van der Waals surface area contributed by atoms with Gasteiger partial charge in [-0.2, -0.15) is 5.10 Å². The molecule has 1 atom stereocenters. The second-order valence-electron chi connectivity index (χ2n) is 6.24. The zero-order valence-electron chi connectivity index (χ0n) is 14.4. The number of aliphatic carboxylic acids is 1. The van der Waals surface area contributed by atoms with Crippen LogP contribution in [0.1, 0.15) is 32.4 Å². The van der Waals surface area contributed by atoms with Gasteiger partial charge in [-0.15, -0.1) is 0 Å². The quantitative estimate of drug-likeness (QED) is 0.638. The number of aliphatic hydroxyl groups is 1. The third kappa shape index (κ3) is 4.57. The number of hydrogen-bond acceptors (Lipinski definition) is 4. The van der Waals surface area contributed by atoms with Crippen LogP contribution in [-0.4, -0.2) is 44.1 Å². The van der Waals surface area contributed by atoms with Crippen molar-refractivity contribution in [3.63, 3.8) is 0 Å². The van der Waals surface area contributed by atoms with E-state index in [0.29, 0.717) is 5.82 Å². The van der Waals surface area contributed by atoms with E-state index in [1.807, 2.05) is 44.2 Å². The van der Waals surface area contributed by atoms with Crippen molar-refractivity contribution in [3.8, 4) is 5.69 Å². The summed E-state index contributed by atoms with van der Waals surface area (Å²) in [4.78, 5) is 23.0. The number of carboxylic acid groups (broad SMARTS) is 1. The molecular formula is C17H22N4O4. The van der Waals surface area contributed by atoms with E-state index in [4.69, 9.17) is 5.11 Å². The van der Waals surface area contributed by atoms with Crippen LogP contribution in [0.15, 0.2) is 36.4 Å². The van der Waals surface area contributed by atoms with E-state index < -0.39 is 24.1 Å². The van der Waals surface area contributed by atoms with Crippen LogP contribution in [-0.2, 0) is 4.79 Å². The highest BCUT2D eigenvalue weighted by atomic mass is 16.4. The van der Waals surface area contributed by atoms with Gasteiger partial charge in [-0.25, -0.2) is 14.3 Å². The summed E-state index contributed by atoms with van der Waals surface area (Å²) < 4.78 is 1.60. The molecule has 0 saturated carbocycles. The Morgan fingerprint density at radius 1 is 1.28 bits per heavy atom. The molecule has 0 aliphatic rings. The normalized spacial score (nSPS) is 13.3. The van der Waals surface area contributed by atoms with Crippen molar-refractivity contribution in [2.24, 2.45) is 0 Å². The summed E-state index contributed by atoms with van der Waals surface area (Å²) in [6, 6.07) is 10.4. The molecule has 1 aromatic heterocycles. The number of nitrogens with one attached hydrogen (secondary N) is 2. The largest absolute Gasteiger partial charge is 0.479 e. The van der Waals surface area contributed by atoms with Gasteiger partial charge in [-0.05, 0) is 25.0 Å². The van der Waals surface area contributed by atoms with E-state index in [2.05, 4.69) is 15.7 Å². The monoisotopic (exact) mass is 346 g/mol. The molecule has 134 valence electrons. The highest BCUT2D eigenvalue weighted by molar-refractivity contribution is 5.89. The Hall–Kier alpha value is -2.87. The predicted molar refractivity (Wildman–Crippen MR) is 92.9 cm³/mol. The first-order valence-corrected chi connectivity index (χ1v) is 7.86. The number of para-hydroxylation sites is 1. The van der Waals surface area contributed by atoms with Gasteiger partial charge in [0, 0.05) is 6.07 Å². The predicted octanol–water partition coefficient (Wildman–Crippen LogP) is 1.95. The summed E-state index contributed by atoms with van der Waals surface area (Å²) in [7, 11) is 0. The lowest BCUT2D eigenvalue weighted by Gasteiger charge is -2.18. The van der Waals surface area contributed by atoms with Crippen LogP contribution >= 0.6 is 0 Å². The SMILES string of the molecule is CC(C)c1cc(NC(=O)NCC(C)(O)C(=O)O)n(-c2ccccc2)n1. The molecular weight excluding hydrogens is 324 g/mol. The van der Waals surface area contributed by atoms with E-state index in [0.717, 1.165) is 18.3 Å². The summed E-state index contributed by atoms with van der Waals surface area (Å²) in [5, 5.41) is 28.0. The third-order valence-electron chi connectivity index (χ3n) is 3.62. The molecule has 0 bridgehead atoms. The second-order valence-corrected chi connectivity index (χ2v) is 6.24. The van der Waals surface area contributed by atoms with Crippen LogP contribution in [0.2, 0.25) is 0 Å². The molecule has 1 aromatic carbocycles. The average molecular weight is 346 g/mol. The first-order valence-electron chi connectivity index (χ1n) is 7.86. The molecule has 0 aliphatic carbocycles. The van der Waals surface area contributed by atoms with Gasteiger partial charge in [-0.3, -0.25) is 5.32 Å². The van der Waals surface area contributed by atoms with E-state index >= 15 is 0 Å². The molecule has 0 saturated heterocycles. The first-order chi connectivity index (χ1) is 11.7. The van der Waals surface area contributed by atoms with Crippen LogP contribution in [0, 0.1) is 0 Å². The number of urea groups is 1. The zero-order chi connectivity index (χ0) is 18.6. The number of nitrogens with zero attached hydrogens (tertiary/aromatic N) is 2. The molecule has 2 aromatic rings. The fourth-order valence-electron chi connectivity index (χ4n) is 2.03. The molecule has 0 aliphatic heterocycles. The van der Waals surface area contributed by atoms with Crippen LogP contribution in [0.25, 0.3) is 5.69 Å². The second kappa shape index (κ2) is 7.35. The maximum absolute atomic E-state index is 12.1. The molecule has 2 rings (SSSR count). The number of rotatable bonds is 6. The Balaban J connectivity index is 2.18. The van der Waals surface area contributed by atoms with Crippen molar-refractivity contribution in [2.75, 3.05) is 11.9 Å². The fourth-order valence-corrected chi connectivity index (χ4v) is 2.03. The number of carbonyl (C=O) groups is 2. The van der Waals surface area contributed by atoms with Crippen molar-refractivity contribution in [2.45, 2.75) is 32.3 Å². The van der Waals surface area contributed by atoms with Crippen LogP contribution in [0.4, 0.5) is 10.6 Å². The highest BCUT2D eigenvalue weighted by Gasteiger charge is 2.30. The summed E-state index contributed by atoms with van der Waals surface area (Å²) in [6.45, 7) is 4.67. The minimum Gasteiger partial charge on any atom is -0.479 e. The van der Waals surface area contributed by atoms with Crippen LogP contribution in [0.5, 0.6) is 0 Å². The molecule has 4 N–H and O–H groups in total. The van der Waals surface area contributed by atoms with Crippen molar-refractivity contribution < 1.29 is 19.8 Å². The third-order valence-corrected chi connectivity index (χ3v) is 3.62. The number of aromatic nitrogens is 2. The first kappa shape index (κ1) is 18.5. The molecule has 0 fully saturated rings. The van der Waals surface area contributed by atoms with E-state index in [9.17, 15) is 14.7 Å². The lowest BCUT2D eigenvalue weighted by atomic mass is 10.1. The van der Waals surface area contributed by atoms with Crippen molar-refractivity contribution in [3.05, 3.63) is 42.1 Å². The number of benzene rings is 1. The number of anilines is 1. The van der Waals surface area contributed by atoms with Gasteiger partial charge in [-0.1, -0.05) is 32.0 Å². The molecule has 8 nitrogen and oxygen atoms in total. The molecule has 25 heavy (non-hydrogen) atoms. The van der Waals surface area contributed by atoms with Crippen molar-refractivity contribution in [1.82, 2.24) is 15.1 Å². The van der Waals surface area contributed by atoms with E-state index in [1.54, 1.807) is 10.7 Å². The molecule has 1 heterocycles. The maximum atomic E-state index is 12.1. The lowest BCUT2D eigenvalue weighted by Crippen LogP contribution is -2.47. The molecule has 0 radical (unpaired) electrons. The number of carboxylic acids is 1. The summed E-state index contributed by atoms with van der Waals surface area (Å²) in [5.41, 5.74) is -0.459. The zero-order valence-corrected chi connectivity index (χ0v) is 14.4. The van der Waals surface area contributed by atoms with E-state index in [-0.39, 0.29) is 5.92 Å². The standard InChI is InChI=1S/C17H22N4O4/c1-11(2)13-9-14(21(20-13)12-7-5-4-6-8-12)19-16(24)18-10-17(3,25)15(22)23/h4-9,11,25H,10H2,1-3H3,(H,22,23)(H2,18,19,24). The number of amides is 2. The Morgan fingerprint density at radius 3 is 2.48 bits per heavy atom. The van der Waals surface area contributed by atoms with E-state index in [1.165, 1.54) is 0 Å². The topological polar surface area (TPSA) is 116 Å². The Labute approximate surface area is 145 Å². The van der Waals surface area contributed by atoms with Gasteiger partial charge in [0.05, 0.1) is 17.9 Å². The summed E-state index contributed by atoms with van der Waals surface area (Å²) in [5.74, 6) is -0.798. The van der Waals surface area contributed by atoms with Gasteiger partial charge in [0.15, 0.2) is 5.60 Å². The lowest BCUT2D eigenvalue weighted by molar-refractivity contribution is -0.155. The minimum absolute atomic E-state index is 0.168. The molecule has 8 heteroatoms. The smallest absolute Gasteiger partial charge is 0.337 e. The Morgan fingerprint density at radius 2 is 1.92 bits per heavy atom. The maximum Gasteiger partial charge on any atom is 0.337 e. The van der Waals surface area contributed by atoms with Gasteiger partial charge in [0.2, 0.25) is 0 Å². The van der Waals surface area contributed by atoms with Crippen LogP contribution < -0.4 is 10.6 Å². The van der Waals surface area contributed by atoms with Crippen molar-refractivity contribution in [1.29, 1.82) is 0 Å². The Kier molecular flexibility index (Phi) is 5.43. The van der Waals surface area contributed by atoms with Crippen molar-refractivity contribution >= 4 is 17.8 Å².